The number of ether oxygens (including phenoxy) is 1. The van der Waals surface area contributed by atoms with E-state index in [-0.39, 0.29) is 35.6 Å². The number of hydrogen-bond donors (Lipinski definition) is 1. The van der Waals surface area contributed by atoms with Crippen LogP contribution >= 0.6 is 0 Å². The van der Waals surface area contributed by atoms with Crippen molar-refractivity contribution in [3.05, 3.63) is 46.4 Å². The molecular weight excluding hydrogens is 322 g/mol. The number of esters is 1. The molecule has 1 amide bonds. The van der Waals surface area contributed by atoms with Crippen LogP contribution in [0.25, 0.3) is 5.69 Å². The summed E-state index contributed by atoms with van der Waals surface area (Å²) in [6.45, 7) is 3.57. The lowest BCUT2D eigenvalue weighted by Gasteiger charge is -2.07. The molecule has 132 valence electrons. The van der Waals surface area contributed by atoms with Crippen LogP contribution in [0, 0.1) is 12.8 Å². The van der Waals surface area contributed by atoms with Gasteiger partial charge in [0.15, 0.2) is 0 Å². The van der Waals surface area contributed by atoms with Gasteiger partial charge in [-0.05, 0) is 32.4 Å². The number of carbonyl (C=O) groups excluding carboxylic acids is 2. The summed E-state index contributed by atoms with van der Waals surface area (Å²) >= 11 is 0. The third-order valence-corrected chi connectivity index (χ3v) is 4.52. The predicted octanol–water partition coefficient (Wildman–Crippen LogP) is 1.76. The van der Waals surface area contributed by atoms with Crippen LogP contribution in [0.5, 0.6) is 0 Å². The molecule has 1 saturated heterocycles. The van der Waals surface area contributed by atoms with E-state index in [0.717, 1.165) is 0 Å². The third-order valence-electron chi connectivity index (χ3n) is 4.52. The number of anilines is 1. The Morgan fingerprint density at radius 1 is 1.28 bits per heavy atom. The molecule has 1 aliphatic heterocycles. The highest BCUT2D eigenvalue weighted by Crippen LogP contribution is 2.24. The summed E-state index contributed by atoms with van der Waals surface area (Å²) in [4.78, 5) is 36.7. The molecule has 25 heavy (non-hydrogen) atoms. The van der Waals surface area contributed by atoms with Crippen molar-refractivity contribution in [2.24, 2.45) is 13.0 Å². The molecule has 1 fully saturated rings. The Labute approximate surface area is 145 Å². The minimum atomic E-state index is -0.449. The second-order valence-electron chi connectivity index (χ2n) is 6.37. The van der Waals surface area contributed by atoms with E-state index in [1.807, 2.05) is 30.3 Å². The molecule has 1 aromatic heterocycles. The fourth-order valence-electron chi connectivity index (χ4n) is 3.13. The van der Waals surface area contributed by atoms with Crippen LogP contribution < -0.4 is 10.9 Å². The first-order chi connectivity index (χ1) is 11.9. The minimum absolute atomic E-state index is 0.0162. The van der Waals surface area contributed by atoms with Crippen molar-refractivity contribution < 1.29 is 14.3 Å². The second kappa shape index (κ2) is 6.58. The Hall–Kier alpha value is -2.83. The van der Waals surface area contributed by atoms with Crippen molar-refractivity contribution in [3.8, 4) is 5.69 Å². The highest BCUT2D eigenvalue weighted by molar-refractivity contribution is 5.94. The van der Waals surface area contributed by atoms with E-state index >= 15 is 0 Å². The van der Waals surface area contributed by atoms with Crippen LogP contribution in [-0.2, 0) is 21.4 Å². The molecule has 0 aliphatic carbocycles. The maximum atomic E-state index is 12.7. The Bertz CT molecular complexity index is 866. The topological polar surface area (TPSA) is 82.3 Å². The van der Waals surface area contributed by atoms with E-state index in [1.165, 1.54) is 4.68 Å². The van der Waals surface area contributed by atoms with Gasteiger partial charge in [-0.15, -0.1) is 0 Å². The summed E-state index contributed by atoms with van der Waals surface area (Å²) in [5.41, 5.74) is 1.29. The molecule has 1 N–H and O–H groups in total. The van der Waals surface area contributed by atoms with E-state index in [4.69, 9.17) is 4.74 Å². The molecule has 1 aliphatic rings. The quantitative estimate of drug-likeness (QED) is 0.858. The highest BCUT2D eigenvalue weighted by atomic mass is 16.5. The van der Waals surface area contributed by atoms with Crippen molar-refractivity contribution in [3.63, 3.8) is 0 Å². The van der Waals surface area contributed by atoms with E-state index in [2.05, 4.69) is 5.32 Å². The largest absolute Gasteiger partial charge is 0.462 e. The lowest BCUT2D eigenvalue weighted by molar-refractivity contribution is -0.144. The molecule has 0 radical (unpaired) electrons. The van der Waals surface area contributed by atoms with Crippen LogP contribution in [-0.4, -0.2) is 27.3 Å². The molecule has 7 heteroatoms. The van der Waals surface area contributed by atoms with Gasteiger partial charge in [-0.3, -0.25) is 19.1 Å². The van der Waals surface area contributed by atoms with E-state index in [9.17, 15) is 14.4 Å². The molecule has 0 unspecified atom stereocenters. The number of amides is 1. The maximum Gasteiger partial charge on any atom is 0.309 e. The Morgan fingerprint density at radius 2 is 1.96 bits per heavy atom. The average molecular weight is 343 g/mol. The van der Waals surface area contributed by atoms with Gasteiger partial charge in [0.1, 0.15) is 5.69 Å². The summed E-state index contributed by atoms with van der Waals surface area (Å²) in [6, 6.07) is 9.20. The smallest absolute Gasteiger partial charge is 0.309 e. The number of cyclic esters (lactones) is 1. The molecule has 2 aromatic rings. The van der Waals surface area contributed by atoms with Crippen LogP contribution in [0.2, 0.25) is 0 Å². The van der Waals surface area contributed by atoms with Gasteiger partial charge in [-0.1, -0.05) is 18.2 Å². The lowest BCUT2D eigenvalue weighted by Crippen LogP contribution is -2.24. The number of aromatic nitrogens is 2. The number of benzene rings is 1. The summed E-state index contributed by atoms with van der Waals surface area (Å²) < 4.78 is 8.26. The minimum Gasteiger partial charge on any atom is -0.462 e. The first kappa shape index (κ1) is 17.0. The number of nitrogens with one attached hydrogen (secondary N) is 1. The fraction of sp³-hybridized carbons (Fsp3) is 0.389. The molecule has 2 heterocycles. The molecule has 7 nitrogen and oxygen atoms in total. The van der Waals surface area contributed by atoms with Crippen molar-refractivity contribution in [2.45, 2.75) is 32.8 Å². The molecule has 1 aromatic carbocycles. The maximum absolute atomic E-state index is 12.7. The van der Waals surface area contributed by atoms with Crippen LogP contribution in [0.1, 0.15) is 25.5 Å². The third kappa shape index (κ3) is 3.22. The molecular formula is C18H21N3O4. The Kier molecular flexibility index (Phi) is 4.48. The lowest BCUT2D eigenvalue weighted by atomic mass is 10.0. The van der Waals surface area contributed by atoms with Crippen molar-refractivity contribution in [1.29, 1.82) is 0 Å². The van der Waals surface area contributed by atoms with Crippen molar-refractivity contribution >= 4 is 17.6 Å². The molecule has 2 atom stereocenters. The van der Waals surface area contributed by atoms with Crippen molar-refractivity contribution in [2.75, 3.05) is 5.32 Å². The first-order valence-corrected chi connectivity index (χ1v) is 8.23. The summed E-state index contributed by atoms with van der Waals surface area (Å²) in [5.74, 6) is -1.16. The summed E-state index contributed by atoms with van der Waals surface area (Å²) in [7, 11) is 1.76. The van der Waals surface area contributed by atoms with Gasteiger partial charge in [0.2, 0.25) is 5.91 Å². The fourth-order valence-corrected chi connectivity index (χ4v) is 3.13. The van der Waals surface area contributed by atoms with Crippen LogP contribution in [0.15, 0.2) is 35.1 Å². The van der Waals surface area contributed by atoms with Crippen LogP contribution in [0.4, 0.5) is 5.69 Å². The van der Waals surface area contributed by atoms with E-state index in [1.54, 1.807) is 25.6 Å². The number of para-hydroxylation sites is 1. The van der Waals surface area contributed by atoms with Crippen molar-refractivity contribution in [1.82, 2.24) is 9.36 Å². The van der Waals surface area contributed by atoms with E-state index < -0.39 is 5.92 Å². The highest BCUT2D eigenvalue weighted by Gasteiger charge is 2.33. The van der Waals surface area contributed by atoms with E-state index in [0.29, 0.717) is 17.8 Å². The molecule has 3 rings (SSSR count). The number of hydrogen-bond acceptors (Lipinski definition) is 4. The Balaban J connectivity index is 1.83. The average Bonchev–Trinajstić information content (AvgIpc) is 2.99. The number of rotatable bonds is 4. The van der Waals surface area contributed by atoms with Gasteiger partial charge >= 0.3 is 5.97 Å². The second-order valence-corrected chi connectivity index (χ2v) is 6.37. The monoisotopic (exact) mass is 343 g/mol. The first-order valence-electron chi connectivity index (χ1n) is 8.23. The van der Waals surface area contributed by atoms with Gasteiger partial charge in [-0.2, -0.15) is 0 Å². The number of nitrogens with zero attached hydrogens (tertiary/aromatic N) is 2. The van der Waals surface area contributed by atoms with Crippen LogP contribution in [0.3, 0.4) is 0 Å². The number of carbonyl (C=O) groups is 2. The zero-order valence-electron chi connectivity index (χ0n) is 14.5. The molecule has 0 saturated carbocycles. The van der Waals surface area contributed by atoms with Gasteiger partial charge < -0.3 is 10.1 Å². The summed E-state index contributed by atoms with van der Waals surface area (Å²) in [5, 5.41) is 2.67. The van der Waals surface area contributed by atoms with Gasteiger partial charge in [-0.25, -0.2) is 4.68 Å². The normalized spacial score (nSPS) is 19.7. The standard InChI is InChI=1S/C18H21N3O4/c1-11-9-13(18(24)25-11)10-15(22)19-16-12(2)20(3)21(17(16)23)14-7-5-4-6-8-14/h4-8,11,13H,9-10H2,1-3H3,(H,19,22)/t11-,13-/m0/s1. The van der Waals surface area contributed by atoms with Gasteiger partial charge in [0.05, 0.1) is 23.4 Å². The Morgan fingerprint density at radius 3 is 2.56 bits per heavy atom. The van der Waals surface area contributed by atoms with Gasteiger partial charge in [0.25, 0.3) is 5.56 Å². The summed E-state index contributed by atoms with van der Waals surface area (Å²) in [6.07, 6.45) is 0.371. The zero-order valence-corrected chi connectivity index (χ0v) is 14.5. The van der Waals surface area contributed by atoms with Gasteiger partial charge in [0, 0.05) is 13.5 Å². The zero-order chi connectivity index (χ0) is 18.1. The SMILES string of the molecule is Cc1c(NC(=O)C[C@@H]2C[C@H](C)OC2=O)c(=O)n(-c2ccccc2)n1C. The predicted molar refractivity (Wildman–Crippen MR) is 92.7 cm³/mol. The molecule has 0 spiro atoms. The molecule has 0 bridgehead atoms.